The van der Waals surface area contributed by atoms with E-state index in [0.29, 0.717) is 0 Å². The van der Waals surface area contributed by atoms with E-state index in [9.17, 15) is 27.9 Å². The third-order valence-electron chi connectivity index (χ3n) is 3.80. The maximum absolute atomic E-state index is 12.6. The predicted octanol–water partition coefficient (Wildman–Crippen LogP) is 0.685. The molecule has 1 unspecified atom stereocenters. The number of carbonyl (C=O) groups is 3. The van der Waals surface area contributed by atoms with Gasteiger partial charge >= 0.3 is 17.9 Å². The number of allylic oxidation sites excluding steroid dienone is 1. The summed E-state index contributed by atoms with van der Waals surface area (Å²) in [6.45, 7) is 0. The van der Waals surface area contributed by atoms with Crippen LogP contribution in [-0.4, -0.2) is 31.4 Å². The molecule has 1 spiro atoms. The zero-order chi connectivity index (χ0) is 16.8. The van der Waals surface area contributed by atoms with E-state index in [-0.39, 0.29) is 9.80 Å². The van der Waals surface area contributed by atoms with Gasteiger partial charge in [0, 0.05) is 0 Å². The molecule has 0 radical (unpaired) electrons. The molecule has 0 saturated carbocycles. The Kier molecular flexibility index (Phi) is 3.22. The van der Waals surface area contributed by atoms with Crippen molar-refractivity contribution < 1.29 is 32.6 Å². The molecule has 1 aromatic rings. The van der Waals surface area contributed by atoms with Crippen LogP contribution >= 0.6 is 0 Å². The van der Waals surface area contributed by atoms with Gasteiger partial charge in [0.05, 0.1) is 9.80 Å². The SMILES string of the molecule is O=C(O)C1C=CC(S(=O)(=O)c2ccccc2)=CC12C(=O)OC2=O. The lowest BCUT2D eigenvalue weighted by atomic mass is 9.70. The predicted molar refractivity (Wildman–Crippen MR) is 75.5 cm³/mol. The lowest BCUT2D eigenvalue weighted by Crippen LogP contribution is -2.58. The van der Waals surface area contributed by atoms with Crippen molar-refractivity contribution in [3.63, 3.8) is 0 Å². The maximum Gasteiger partial charge on any atom is 0.336 e. The minimum atomic E-state index is -3.98. The summed E-state index contributed by atoms with van der Waals surface area (Å²) in [5, 5.41) is 9.19. The lowest BCUT2D eigenvalue weighted by Gasteiger charge is -2.38. The molecule has 23 heavy (non-hydrogen) atoms. The van der Waals surface area contributed by atoms with E-state index in [0.717, 1.165) is 18.2 Å². The first-order chi connectivity index (χ1) is 10.8. The molecular weight excluding hydrogens is 324 g/mol. The van der Waals surface area contributed by atoms with Crippen LogP contribution in [0.5, 0.6) is 0 Å². The number of esters is 2. The zero-order valence-electron chi connectivity index (χ0n) is 11.5. The van der Waals surface area contributed by atoms with Gasteiger partial charge in [0.15, 0.2) is 0 Å². The van der Waals surface area contributed by atoms with Gasteiger partial charge in [-0.05, 0) is 24.3 Å². The highest BCUT2D eigenvalue weighted by atomic mass is 32.2. The number of rotatable bonds is 3. The highest BCUT2D eigenvalue weighted by molar-refractivity contribution is 7.95. The van der Waals surface area contributed by atoms with E-state index in [1.807, 2.05) is 0 Å². The molecule has 2 aliphatic rings. The number of hydrogen-bond acceptors (Lipinski definition) is 6. The van der Waals surface area contributed by atoms with Crippen LogP contribution in [0, 0.1) is 11.3 Å². The van der Waals surface area contributed by atoms with E-state index in [4.69, 9.17) is 0 Å². The minimum Gasteiger partial charge on any atom is -0.481 e. The molecular formula is C15H10O7S. The Morgan fingerprint density at radius 1 is 1.13 bits per heavy atom. The van der Waals surface area contributed by atoms with E-state index < -0.39 is 39.1 Å². The summed E-state index contributed by atoms with van der Waals surface area (Å²) in [7, 11) is -3.98. The van der Waals surface area contributed by atoms with Crippen molar-refractivity contribution in [1.29, 1.82) is 0 Å². The second-order valence-electron chi connectivity index (χ2n) is 5.08. The van der Waals surface area contributed by atoms with Crippen LogP contribution in [0.3, 0.4) is 0 Å². The number of aliphatic carboxylic acids is 1. The molecule has 8 heteroatoms. The summed E-state index contributed by atoms with van der Waals surface area (Å²) in [4.78, 5) is 34.5. The van der Waals surface area contributed by atoms with Crippen molar-refractivity contribution in [2.45, 2.75) is 4.90 Å². The molecule has 1 saturated heterocycles. The molecule has 1 aromatic carbocycles. The van der Waals surface area contributed by atoms with Gasteiger partial charge in [-0.1, -0.05) is 24.3 Å². The minimum absolute atomic E-state index is 0.0278. The van der Waals surface area contributed by atoms with Gasteiger partial charge in [0.1, 0.15) is 5.92 Å². The van der Waals surface area contributed by atoms with Crippen molar-refractivity contribution in [3.05, 3.63) is 53.5 Å². The van der Waals surface area contributed by atoms with Gasteiger partial charge in [0.2, 0.25) is 15.3 Å². The van der Waals surface area contributed by atoms with Crippen molar-refractivity contribution in [2.75, 3.05) is 0 Å². The molecule has 3 rings (SSSR count). The Morgan fingerprint density at radius 3 is 2.26 bits per heavy atom. The molecule has 1 heterocycles. The summed E-state index contributed by atoms with van der Waals surface area (Å²) in [5.41, 5.74) is -2.11. The van der Waals surface area contributed by atoms with Crippen LogP contribution in [0.2, 0.25) is 0 Å². The first kappa shape index (κ1) is 15.2. The topological polar surface area (TPSA) is 115 Å². The Balaban J connectivity index is 2.14. The van der Waals surface area contributed by atoms with E-state index in [1.54, 1.807) is 6.07 Å². The maximum atomic E-state index is 12.6. The van der Waals surface area contributed by atoms with Gasteiger partial charge in [-0.25, -0.2) is 18.0 Å². The number of cyclic esters (lactones) is 2. The Hall–Kier alpha value is -2.74. The monoisotopic (exact) mass is 334 g/mol. The van der Waals surface area contributed by atoms with Crippen LogP contribution < -0.4 is 0 Å². The number of hydrogen-bond donors (Lipinski definition) is 1. The van der Waals surface area contributed by atoms with Crippen molar-refractivity contribution in [2.24, 2.45) is 11.3 Å². The second-order valence-corrected chi connectivity index (χ2v) is 7.03. The molecule has 0 bridgehead atoms. The fraction of sp³-hybridized carbons (Fsp3) is 0.133. The molecule has 1 aliphatic carbocycles. The van der Waals surface area contributed by atoms with E-state index in [2.05, 4.69) is 4.74 Å². The Morgan fingerprint density at radius 2 is 1.74 bits per heavy atom. The third-order valence-corrected chi connectivity index (χ3v) is 5.57. The second kappa shape index (κ2) is 4.88. The first-order valence-electron chi connectivity index (χ1n) is 6.51. The Labute approximate surface area is 130 Å². The number of carboxylic acid groups (broad SMARTS) is 1. The fourth-order valence-corrected chi connectivity index (χ4v) is 3.93. The molecule has 118 valence electrons. The average molecular weight is 334 g/mol. The largest absolute Gasteiger partial charge is 0.481 e. The van der Waals surface area contributed by atoms with Gasteiger partial charge < -0.3 is 9.84 Å². The quantitative estimate of drug-likeness (QED) is 0.638. The van der Waals surface area contributed by atoms with Crippen molar-refractivity contribution in [1.82, 2.24) is 0 Å². The van der Waals surface area contributed by atoms with Crippen molar-refractivity contribution >= 4 is 27.7 Å². The molecule has 1 atom stereocenters. The van der Waals surface area contributed by atoms with Crippen molar-refractivity contribution in [3.8, 4) is 0 Å². The van der Waals surface area contributed by atoms with Crippen LogP contribution in [0.4, 0.5) is 0 Å². The highest BCUT2D eigenvalue weighted by Gasteiger charge is 2.65. The molecule has 1 N–H and O–H groups in total. The molecule has 1 aliphatic heterocycles. The smallest absolute Gasteiger partial charge is 0.336 e. The average Bonchev–Trinajstić information content (AvgIpc) is 2.55. The summed E-state index contributed by atoms with van der Waals surface area (Å²) in [6.07, 6.45) is 2.99. The summed E-state index contributed by atoms with van der Waals surface area (Å²) < 4.78 is 29.4. The lowest BCUT2D eigenvalue weighted by molar-refractivity contribution is -0.197. The molecule has 0 amide bonds. The fourth-order valence-electron chi connectivity index (χ4n) is 2.55. The van der Waals surface area contributed by atoms with Gasteiger partial charge in [-0.2, -0.15) is 0 Å². The highest BCUT2D eigenvalue weighted by Crippen LogP contribution is 2.46. The summed E-state index contributed by atoms with van der Waals surface area (Å²) >= 11 is 0. The van der Waals surface area contributed by atoms with E-state index >= 15 is 0 Å². The molecule has 1 fully saturated rings. The summed E-state index contributed by atoms with van der Waals surface area (Å²) in [5.74, 6) is -5.05. The van der Waals surface area contributed by atoms with Crippen LogP contribution in [0.1, 0.15) is 0 Å². The zero-order valence-corrected chi connectivity index (χ0v) is 12.3. The van der Waals surface area contributed by atoms with Gasteiger partial charge in [-0.15, -0.1) is 0 Å². The van der Waals surface area contributed by atoms with Crippen LogP contribution in [-0.2, 0) is 29.0 Å². The first-order valence-corrected chi connectivity index (χ1v) is 7.99. The molecule has 7 nitrogen and oxygen atoms in total. The van der Waals surface area contributed by atoms with Crippen LogP contribution in [0.15, 0.2) is 58.4 Å². The summed E-state index contributed by atoms with van der Waals surface area (Å²) in [6, 6.07) is 7.41. The number of ether oxygens (including phenoxy) is 1. The number of benzene rings is 1. The van der Waals surface area contributed by atoms with Gasteiger partial charge in [0.25, 0.3) is 0 Å². The number of sulfone groups is 1. The Bertz CT molecular complexity index is 864. The van der Waals surface area contributed by atoms with Gasteiger partial charge in [-0.3, -0.25) is 4.79 Å². The normalized spacial score (nSPS) is 22.3. The van der Waals surface area contributed by atoms with Crippen LogP contribution in [0.25, 0.3) is 0 Å². The third kappa shape index (κ3) is 2.02. The number of carboxylic acids is 1. The molecule has 0 aromatic heterocycles. The standard InChI is InChI=1S/C15H10O7S/c16-12(17)11-7-6-10(8-15(11)13(18)22-14(15)19)23(20,21)9-4-2-1-3-5-9/h1-8,11H,(H,16,17). The number of carbonyl (C=O) groups excluding carboxylic acids is 2. The van der Waals surface area contributed by atoms with E-state index in [1.165, 1.54) is 24.3 Å².